The lowest BCUT2D eigenvalue weighted by Gasteiger charge is -2.35. The SMILES string of the molecule is CC[C@H]1COCCN1Cc1ccc(F)c(OC)c1F. The molecule has 19 heavy (non-hydrogen) atoms. The standard InChI is InChI=1S/C14H19F2NO2/c1-3-11-9-19-7-6-17(11)8-10-4-5-12(15)14(18-2)13(10)16/h4-5,11H,3,6-9H2,1-2H3/t11-/m0/s1. The van der Waals surface area contributed by atoms with E-state index in [4.69, 9.17) is 9.47 Å². The van der Waals surface area contributed by atoms with Gasteiger partial charge in [-0.1, -0.05) is 13.0 Å². The van der Waals surface area contributed by atoms with E-state index < -0.39 is 11.6 Å². The van der Waals surface area contributed by atoms with Gasteiger partial charge in [-0.15, -0.1) is 0 Å². The monoisotopic (exact) mass is 271 g/mol. The number of nitrogens with zero attached hydrogens (tertiary/aromatic N) is 1. The van der Waals surface area contributed by atoms with Crippen molar-refractivity contribution in [3.63, 3.8) is 0 Å². The van der Waals surface area contributed by atoms with Crippen molar-refractivity contribution in [2.75, 3.05) is 26.9 Å². The second-order valence-corrected chi connectivity index (χ2v) is 4.66. The second kappa shape index (κ2) is 6.30. The highest BCUT2D eigenvalue weighted by molar-refractivity contribution is 5.32. The summed E-state index contributed by atoms with van der Waals surface area (Å²) in [4.78, 5) is 2.17. The molecule has 1 aromatic carbocycles. The summed E-state index contributed by atoms with van der Waals surface area (Å²) in [6.45, 7) is 4.60. The van der Waals surface area contributed by atoms with Gasteiger partial charge in [0.05, 0.1) is 20.3 Å². The number of morpholine rings is 1. The normalized spacial score (nSPS) is 20.5. The van der Waals surface area contributed by atoms with E-state index in [1.54, 1.807) is 0 Å². The van der Waals surface area contributed by atoms with E-state index in [2.05, 4.69) is 11.8 Å². The summed E-state index contributed by atoms with van der Waals surface area (Å²) in [6, 6.07) is 3.01. The van der Waals surface area contributed by atoms with Crippen LogP contribution in [0.2, 0.25) is 0 Å². The first-order valence-electron chi connectivity index (χ1n) is 6.50. The van der Waals surface area contributed by atoms with Crippen molar-refractivity contribution in [1.82, 2.24) is 4.90 Å². The van der Waals surface area contributed by atoms with Crippen molar-refractivity contribution in [2.24, 2.45) is 0 Å². The lowest BCUT2D eigenvalue weighted by Crippen LogP contribution is -2.44. The number of benzene rings is 1. The van der Waals surface area contributed by atoms with E-state index in [0.717, 1.165) is 13.0 Å². The predicted molar refractivity (Wildman–Crippen MR) is 68.2 cm³/mol. The molecular formula is C14H19F2NO2. The van der Waals surface area contributed by atoms with E-state index in [1.807, 2.05) is 0 Å². The van der Waals surface area contributed by atoms with Crippen molar-refractivity contribution in [3.05, 3.63) is 29.3 Å². The molecule has 0 N–H and O–H groups in total. The Bertz CT molecular complexity index is 440. The number of hydrogen-bond acceptors (Lipinski definition) is 3. The highest BCUT2D eigenvalue weighted by atomic mass is 19.1. The molecular weight excluding hydrogens is 252 g/mol. The molecule has 1 fully saturated rings. The maximum absolute atomic E-state index is 14.1. The van der Waals surface area contributed by atoms with E-state index in [1.165, 1.54) is 19.2 Å². The van der Waals surface area contributed by atoms with Crippen LogP contribution in [0.1, 0.15) is 18.9 Å². The van der Waals surface area contributed by atoms with Gasteiger partial charge in [0.25, 0.3) is 0 Å². The quantitative estimate of drug-likeness (QED) is 0.840. The Morgan fingerprint density at radius 1 is 1.42 bits per heavy atom. The van der Waals surface area contributed by atoms with Crippen LogP contribution < -0.4 is 4.74 Å². The van der Waals surface area contributed by atoms with Crippen LogP contribution >= 0.6 is 0 Å². The predicted octanol–water partition coefficient (Wildman–Crippen LogP) is 2.58. The highest BCUT2D eigenvalue weighted by Gasteiger charge is 2.23. The number of rotatable bonds is 4. The molecule has 1 saturated heterocycles. The van der Waals surface area contributed by atoms with Gasteiger partial charge in [-0.25, -0.2) is 8.78 Å². The third kappa shape index (κ3) is 3.04. The molecule has 0 radical (unpaired) electrons. The maximum atomic E-state index is 14.1. The van der Waals surface area contributed by atoms with Crippen molar-refractivity contribution in [2.45, 2.75) is 25.9 Å². The van der Waals surface area contributed by atoms with Gasteiger partial charge in [0.1, 0.15) is 0 Å². The van der Waals surface area contributed by atoms with Crippen LogP contribution in [0.3, 0.4) is 0 Å². The Balaban J connectivity index is 2.18. The van der Waals surface area contributed by atoms with Gasteiger partial charge in [0.2, 0.25) is 0 Å². The van der Waals surface area contributed by atoms with Crippen LogP contribution in [0.15, 0.2) is 12.1 Å². The van der Waals surface area contributed by atoms with Crippen LogP contribution in [-0.4, -0.2) is 37.8 Å². The summed E-state index contributed by atoms with van der Waals surface area (Å²) in [7, 11) is 1.27. The molecule has 1 heterocycles. The lowest BCUT2D eigenvalue weighted by atomic mass is 10.1. The topological polar surface area (TPSA) is 21.7 Å². The molecule has 3 nitrogen and oxygen atoms in total. The number of halogens is 2. The van der Waals surface area contributed by atoms with Crippen molar-refractivity contribution in [1.29, 1.82) is 0 Å². The third-order valence-electron chi connectivity index (χ3n) is 3.53. The Hall–Kier alpha value is -1.20. The minimum Gasteiger partial charge on any atom is -0.491 e. The number of hydrogen-bond donors (Lipinski definition) is 0. The zero-order chi connectivity index (χ0) is 13.8. The summed E-state index contributed by atoms with van der Waals surface area (Å²) >= 11 is 0. The summed E-state index contributed by atoms with van der Waals surface area (Å²) in [5.74, 6) is -1.58. The molecule has 5 heteroatoms. The highest BCUT2D eigenvalue weighted by Crippen LogP contribution is 2.26. The molecule has 1 atom stereocenters. The smallest absolute Gasteiger partial charge is 0.190 e. The molecule has 1 aliphatic rings. The fraction of sp³-hybridized carbons (Fsp3) is 0.571. The van der Waals surface area contributed by atoms with Gasteiger partial charge in [-0.05, 0) is 12.5 Å². The first-order valence-corrected chi connectivity index (χ1v) is 6.50. The first kappa shape index (κ1) is 14.2. The fourth-order valence-electron chi connectivity index (χ4n) is 2.37. The van der Waals surface area contributed by atoms with Gasteiger partial charge in [-0.3, -0.25) is 4.90 Å². The van der Waals surface area contributed by atoms with Crippen LogP contribution in [0, 0.1) is 11.6 Å². The molecule has 0 unspecified atom stereocenters. The van der Waals surface area contributed by atoms with E-state index in [0.29, 0.717) is 25.3 Å². The average molecular weight is 271 g/mol. The van der Waals surface area contributed by atoms with Gasteiger partial charge in [-0.2, -0.15) is 0 Å². The van der Waals surface area contributed by atoms with Crippen LogP contribution in [0.5, 0.6) is 5.75 Å². The number of methoxy groups -OCH3 is 1. The van der Waals surface area contributed by atoms with Gasteiger partial charge in [0, 0.05) is 24.7 Å². The van der Waals surface area contributed by atoms with E-state index in [9.17, 15) is 8.78 Å². The summed E-state index contributed by atoms with van der Waals surface area (Å²) in [5, 5.41) is 0. The average Bonchev–Trinajstić information content (AvgIpc) is 2.43. The molecule has 0 aromatic heterocycles. The molecule has 0 spiro atoms. The zero-order valence-corrected chi connectivity index (χ0v) is 11.3. The molecule has 1 aliphatic heterocycles. The van der Waals surface area contributed by atoms with Crippen LogP contribution in [0.25, 0.3) is 0 Å². The van der Waals surface area contributed by atoms with Gasteiger partial charge >= 0.3 is 0 Å². The van der Waals surface area contributed by atoms with Gasteiger partial charge in [0.15, 0.2) is 17.4 Å². The molecule has 2 rings (SSSR count). The summed E-state index contributed by atoms with van der Waals surface area (Å²) in [5.41, 5.74) is 0.457. The van der Waals surface area contributed by atoms with Crippen molar-refractivity contribution in [3.8, 4) is 5.75 Å². The Labute approximate surface area is 112 Å². The maximum Gasteiger partial charge on any atom is 0.190 e. The third-order valence-corrected chi connectivity index (χ3v) is 3.53. The minimum atomic E-state index is -0.669. The van der Waals surface area contributed by atoms with Crippen molar-refractivity contribution < 1.29 is 18.3 Å². The van der Waals surface area contributed by atoms with Crippen LogP contribution in [0.4, 0.5) is 8.78 Å². The summed E-state index contributed by atoms with van der Waals surface area (Å²) in [6.07, 6.45) is 0.944. The molecule has 0 saturated carbocycles. The molecule has 0 aliphatic carbocycles. The molecule has 106 valence electrons. The Morgan fingerprint density at radius 2 is 2.21 bits per heavy atom. The molecule has 0 amide bonds. The second-order valence-electron chi connectivity index (χ2n) is 4.66. The van der Waals surface area contributed by atoms with Gasteiger partial charge < -0.3 is 9.47 Å². The molecule has 1 aromatic rings. The fourth-order valence-corrected chi connectivity index (χ4v) is 2.37. The van der Waals surface area contributed by atoms with E-state index >= 15 is 0 Å². The number of ether oxygens (including phenoxy) is 2. The first-order chi connectivity index (χ1) is 9.17. The Kier molecular flexibility index (Phi) is 4.71. The largest absolute Gasteiger partial charge is 0.491 e. The van der Waals surface area contributed by atoms with E-state index in [-0.39, 0.29) is 11.8 Å². The van der Waals surface area contributed by atoms with Crippen LogP contribution in [-0.2, 0) is 11.3 Å². The lowest BCUT2D eigenvalue weighted by molar-refractivity contribution is -0.0132. The Morgan fingerprint density at radius 3 is 2.89 bits per heavy atom. The minimum absolute atomic E-state index is 0.282. The molecule has 0 bridgehead atoms. The summed E-state index contributed by atoms with van der Waals surface area (Å²) < 4.78 is 37.6. The van der Waals surface area contributed by atoms with Crippen molar-refractivity contribution >= 4 is 0 Å². The zero-order valence-electron chi connectivity index (χ0n) is 11.3.